The maximum atomic E-state index is 12.9. The third kappa shape index (κ3) is 1.91. The van der Waals surface area contributed by atoms with Crippen LogP contribution in [0.1, 0.15) is 9.75 Å². The normalized spacial score (nSPS) is 11.3. The molecular weight excluding hydrogens is 222 g/mol. The van der Waals surface area contributed by atoms with E-state index < -0.39 is 0 Å². The summed E-state index contributed by atoms with van der Waals surface area (Å²) in [6, 6.07) is 2.80. The molecule has 2 aromatic heterocycles. The van der Waals surface area contributed by atoms with Gasteiger partial charge >= 0.3 is 0 Å². The van der Waals surface area contributed by atoms with E-state index >= 15 is 0 Å². The van der Waals surface area contributed by atoms with Crippen LogP contribution in [0.3, 0.4) is 0 Å². The molecule has 2 aromatic rings. The van der Waals surface area contributed by atoms with Gasteiger partial charge in [0.15, 0.2) is 0 Å². The summed E-state index contributed by atoms with van der Waals surface area (Å²) >= 11 is 2.60. The standard InChI is InChI=1S/C10H6F2S2/c11-7-3-5-13-9(7)1-2-10-8(12)4-6-14-10/h1-6H/b2-1+. The average Bonchev–Trinajstić information content (AvgIpc) is 2.72. The maximum Gasteiger partial charge on any atom is 0.141 e. The minimum absolute atomic E-state index is 0.261. The van der Waals surface area contributed by atoms with Crippen molar-refractivity contribution in [2.45, 2.75) is 0 Å². The van der Waals surface area contributed by atoms with E-state index in [9.17, 15) is 8.78 Å². The van der Waals surface area contributed by atoms with Gasteiger partial charge in [-0.3, -0.25) is 0 Å². The van der Waals surface area contributed by atoms with Gasteiger partial charge in [0.05, 0.1) is 9.75 Å². The van der Waals surface area contributed by atoms with Gasteiger partial charge in [-0.2, -0.15) is 0 Å². The van der Waals surface area contributed by atoms with Crippen LogP contribution in [-0.4, -0.2) is 0 Å². The van der Waals surface area contributed by atoms with Gasteiger partial charge in [-0.15, -0.1) is 22.7 Å². The van der Waals surface area contributed by atoms with Crippen molar-refractivity contribution in [3.63, 3.8) is 0 Å². The van der Waals surface area contributed by atoms with E-state index in [1.807, 2.05) is 0 Å². The minimum Gasteiger partial charge on any atom is -0.205 e. The fraction of sp³-hybridized carbons (Fsp3) is 0. The zero-order chi connectivity index (χ0) is 9.97. The first-order valence-electron chi connectivity index (χ1n) is 3.91. The van der Waals surface area contributed by atoms with Crippen LogP contribution in [0.25, 0.3) is 12.2 Å². The highest BCUT2D eigenvalue weighted by Crippen LogP contribution is 2.21. The smallest absolute Gasteiger partial charge is 0.141 e. The minimum atomic E-state index is -0.261. The van der Waals surface area contributed by atoms with Crippen molar-refractivity contribution < 1.29 is 8.78 Å². The predicted molar refractivity (Wildman–Crippen MR) is 57.5 cm³/mol. The van der Waals surface area contributed by atoms with Crippen LogP contribution in [0.4, 0.5) is 8.78 Å². The molecule has 0 aromatic carbocycles. The quantitative estimate of drug-likeness (QED) is 0.720. The number of thiophene rings is 2. The van der Waals surface area contributed by atoms with Gasteiger partial charge in [-0.25, -0.2) is 8.78 Å². The second kappa shape index (κ2) is 4.02. The molecule has 0 bridgehead atoms. The summed E-state index contributed by atoms with van der Waals surface area (Å²) in [5.41, 5.74) is 0. The molecule has 0 fully saturated rings. The van der Waals surface area contributed by atoms with Crippen molar-refractivity contribution >= 4 is 34.8 Å². The molecule has 0 amide bonds. The molecule has 14 heavy (non-hydrogen) atoms. The molecule has 0 radical (unpaired) electrons. The van der Waals surface area contributed by atoms with Crippen LogP contribution in [0.2, 0.25) is 0 Å². The lowest BCUT2D eigenvalue weighted by atomic mass is 10.3. The summed E-state index contributed by atoms with van der Waals surface area (Å²) in [6.07, 6.45) is 3.18. The van der Waals surface area contributed by atoms with Gasteiger partial charge in [-0.05, 0) is 35.0 Å². The molecule has 2 heterocycles. The van der Waals surface area contributed by atoms with Crippen molar-refractivity contribution in [3.8, 4) is 0 Å². The third-order valence-electron chi connectivity index (χ3n) is 1.68. The van der Waals surface area contributed by atoms with Crippen molar-refractivity contribution in [1.82, 2.24) is 0 Å². The molecule has 0 aliphatic heterocycles. The highest BCUT2D eigenvalue weighted by Gasteiger charge is 2.01. The summed E-state index contributed by atoms with van der Waals surface area (Å²) in [7, 11) is 0. The SMILES string of the molecule is Fc1ccsc1/C=C/c1sccc1F. The van der Waals surface area contributed by atoms with Crippen LogP contribution in [0.15, 0.2) is 22.9 Å². The Labute approximate surface area is 88.1 Å². The fourth-order valence-corrected chi connectivity index (χ4v) is 2.32. The summed E-state index contributed by atoms with van der Waals surface area (Å²) in [5.74, 6) is -0.522. The van der Waals surface area contributed by atoms with Crippen LogP contribution in [-0.2, 0) is 0 Å². The Morgan fingerprint density at radius 1 is 0.857 bits per heavy atom. The molecule has 0 atom stereocenters. The van der Waals surface area contributed by atoms with Crippen LogP contribution in [0.5, 0.6) is 0 Å². The molecule has 0 N–H and O–H groups in total. The lowest BCUT2D eigenvalue weighted by Crippen LogP contribution is -1.70. The highest BCUT2D eigenvalue weighted by molar-refractivity contribution is 7.11. The number of rotatable bonds is 2. The zero-order valence-corrected chi connectivity index (χ0v) is 8.67. The van der Waals surface area contributed by atoms with Crippen molar-refractivity contribution in [2.75, 3.05) is 0 Å². The number of halogens is 2. The molecule has 0 spiro atoms. The van der Waals surface area contributed by atoms with E-state index in [4.69, 9.17) is 0 Å². The summed E-state index contributed by atoms with van der Waals surface area (Å²) in [6.45, 7) is 0. The molecule has 0 saturated heterocycles. The van der Waals surface area contributed by atoms with E-state index in [0.717, 1.165) is 0 Å². The monoisotopic (exact) mass is 228 g/mol. The molecule has 72 valence electrons. The topological polar surface area (TPSA) is 0 Å². The lowest BCUT2D eigenvalue weighted by Gasteiger charge is -1.87. The lowest BCUT2D eigenvalue weighted by molar-refractivity contribution is 0.630. The van der Waals surface area contributed by atoms with Crippen LogP contribution in [0, 0.1) is 11.6 Å². The Hall–Kier alpha value is -1.00. The second-order valence-corrected chi connectivity index (χ2v) is 4.49. The van der Waals surface area contributed by atoms with Crippen molar-refractivity contribution in [1.29, 1.82) is 0 Å². The van der Waals surface area contributed by atoms with E-state index in [2.05, 4.69) is 0 Å². The van der Waals surface area contributed by atoms with Gasteiger partial charge in [0, 0.05) is 0 Å². The fourth-order valence-electron chi connectivity index (χ4n) is 1.00. The van der Waals surface area contributed by atoms with E-state index in [1.165, 1.54) is 34.8 Å². The summed E-state index contributed by atoms with van der Waals surface area (Å²) in [4.78, 5) is 1.05. The maximum absolute atomic E-state index is 12.9. The molecule has 0 nitrogen and oxygen atoms in total. The van der Waals surface area contributed by atoms with Gasteiger partial charge in [-0.1, -0.05) is 0 Å². The summed E-state index contributed by atoms with van der Waals surface area (Å²) in [5, 5.41) is 3.33. The third-order valence-corrected chi connectivity index (χ3v) is 3.39. The molecule has 0 aliphatic carbocycles. The number of hydrogen-bond acceptors (Lipinski definition) is 2. The van der Waals surface area contributed by atoms with Crippen LogP contribution < -0.4 is 0 Å². The largest absolute Gasteiger partial charge is 0.205 e. The summed E-state index contributed by atoms with van der Waals surface area (Å²) < 4.78 is 25.9. The first-order valence-corrected chi connectivity index (χ1v) is 5.67. The van der Waals surface area contributed by atoms with Crippen molar-refractivity contribution in [3.05, 3.63) is 44.3 Å². The Balaban J connectivity index is 2.23. The predicted octanol–water partition coefficient (Wildman–Crippen LogP) is 4.26. The van der Waals surface area contributed by atoms with E-state index in [-0.39, 0.29) is 11.6 Å². The average molecular weight is 228 g/mol. The highest BCUT2D eigenvalue weighted by atomic mass is 32.1. The second-order valence-electron chi connectivity index (χ2n) is 2.60. The zero-order valence-electron chi connectivity index (χ0n) is 7.04. The molecule has 0 unspecified atom stereocenters. The molecular formula is C10H6F2S2. The number of hydrogen-bond donors (Lipinski definition) is 0. The Morgan fingerprint density at radius 2 is 1.29 bits per heavy atom. The van der Waals surface area contributed by atoms with Gasteiger partial charge < -0.3 is 0 Å². The van der Waals surface area contributed by atoms with Crippen LogP contribution >= 0.6 is 22.7 Å². The Bertz CT molecular complexity index is 412. The van der Waals surface area contributed by atoms with Gasteiger partial charge in [0.1, 0.15) is 11.6 Å². The first kappa shape index (κ1) is 9.55. The molecule has 4 heteroatoms. The molecule has 0 saturated carbocycles. The Morgan fingerprint density at radius 3 is 1.57 bits per heavy atom. The Kier molecular flexibility index (Phi) is 2.74. The van der Waals surface area contributed by atoms with Gasteiger partial charge in [0.2, 0.25) is 0 Å². The first-order chi connectivity index (χ1) is 6.77. The van der Waals surface area contributed by atoms with E-state index in [0.29, 0.717) is 9.75 Å². The molecule has 0 aliphatic rings. The van der Waals surface area contributed by atoms with Gasteiger partial charge in [0.25, 0.3) is 0 Å². The molecule has 2 rings (SSSR count). The van der Waals surface area contributed by atoms with Crippen molar-refractivity contribution in [2.24, 2.45) is 0 Å². The van der Waals surface area contributed by atoms with E-state index in [1.54, 1.807) is 22.9 Å².